The van der Waals surface area contributed by atoms with E-state index in [4.69, 9.17) is 4.74 Å². The van der Waals surface area contributed by atoms with Crippen molar-refractivity contribution in [3.63, 3.8) is 0 Å². The molecular formula is C17H28IN3O3. The Morgan fingerprint density at radius 3 is 2.42 bits per heavy atom. The molecule has 24 heavy (non-hydrogen) atoms. The number of aliphatic imine (C=N–C) groups is 1. The molecule has 0 fully saturated rings. The Morgan fingerprint density at radius 2 is 1.79 bits per heavy atom. The van der Waals surface area contributed by atoms with Gasteiger partial charge in [-0.1, -0.05) is 17.7 Å². The number of nitrogens with one attached hydrogen (secondary N) is 2. The zero-order valence-electron chi connectivity index (χ0n) is 14.6. The summed E-state index contributed by atoms with van der Waals surface area (Å²) in [5.74, 6) is 1.43. The van der Waals surface area contributed by atoms with Gasteiger partial charge in [-0.05, 0) is 31.9 Å². The summed E-state index contributed by atoms with van der Waals surface area (Å²) in [6, 6.07) is 7.97. The van der Waals surface area contributed by atoms with Crippen LogP contribution in [0.25, 0.3) is 0 Å². The van der Waals surface area contributed by atoms with Crippen LogP contribution in [-0.2, 0) is 9.53 Å². The molecule has 0 amide bonds. The van der Waals surface area contributed by atoms with Crippen LogP contribution in [0.1, 0.15) is 24.8 Å². The number of methoxy groups -OCH3 is 1. The molecule has 0 heterocycles. The Kier molecular flexibility index (Phi) is 13.0. The molecule has 136 valence electrons. The Bertz CT molecular complexity index is 492. The maximum Gasteiger partial charge on any atom is 0.305 e. The molecule has 6 nitrogen and oxygen atoms in total. The number of guanidine groups is 1. The van der Waals surface area contributed by atoms with E-state index in [1.807, 2.05) is 31.2 Å². The minimum Gasteiger partial charge on any atom is -0.492 e. The summed E-state index contributed by atoms with van der Waals surface area (Å²) in [6.07, 6.45) is 2.14. The van der Waals surface area contributed by atoms with E-state index in [0.29, 0.717) is 19.6 Å². The predicted molar refractivity (Wildman–Crippen MR) is 107 cm³/mol. The van der Waals surface area contributed by atoms with Gasteiger partial charge in [-0.25, -0.2) is 0 Å². The number of hydrogen-bond donors (Lipinski definition) is 2. The van der Waals surface area contributed by atoms with Gasteiger partial charge in [0, 0.05) is 20.0 Å². The van der Waals surface area contributed by atoms with Gasteiger partial charge < -0.3 is 20.1 Å². The number of benzene rings is 1. The first-order valence-electron chi connectivity index (χ1n) is 7.86. The maximum absolute atomic E-state index is 11.0. The number of hydrogen-bond acceptors (Lipinski definition) is 4. The molecular weight excluding hydrogens is 421 g/mol. The third-order valence-electron chi connectivity index (χ3n) is 3.24. The highest BCUT2D eigenvalue weighted by Gasteiger charge is 2.00. The molecule has 0 unspecified atom stereocenters. The summed E-state index contributed by atoms with van der Waals surface area (Å²) in [6.45, 7) is 4.03. The van der Waals surface area contributed by atoms with Gasteiger partial charge in [0.1, 0.15) is 12.4 Å². The van der Waals surface area contributed by atoms with E-state index in [-0.39, 0.29) is 29.9 Å². The number of esters is 1. The zero-order chi connectivity index (χ0) is 16.9. The van der Waals surface area contributed by atoms with Crippen LogP contribution in [0, 0.1) is 6.92 Å². The SMILES string of the molecule is CN=C(NCCCCC(=O)OC)NCCOc1ccc(C)cc1.I. The quantitative estimate of drug-likeness (QED) is 0.199. The molecule has 0 saturated heterocycles. The molecule has 0 radical (unpaired) electrons. The molecule has 0 spiro atoms. The van der Waals surface area contributed by atoms with E-state index in [1.54, 1.807) is 7.05 Å². The van der Waals surface area contributed by atoms with Crippen LogP contribution < -0.4 is 15.4 Å². The van der Waals surface area contributed by atoms with Crippen LogP contribution in [0.5, 0.6) is 5.75 Å². The molecule has 0 bridgehead atoms. The molecule has 0 aliphatic heterocycles. The summed E-state index contributed by atoms with van der Waals surface area (Å²) < 4.78 is 10.2. The minimum atomic E-state index is -0.166. The summed E-state index contributed by atoms with van der Waals surface area (Å²) in [4.78, 5) is 15.1. The van der Waals surface area contributed by atoms with Crippen molar-refractivity contribution < 1.29 is 14.3 Å². The lowest BCUT2D eigenvalue weighted by atomic mass is 10.2. The molecule has 7 heteroatoms. The molecule has 0 atom stereocenters. The molecule has 1 aromatic carbocycles. The molecule has 0 aliphatic carbocycles. The van der Waals surface area contributed by atoms with E-state index in [2.05, 4.69) is 20.4 Å². The average molecular weight is 449 g/mol. The molecule has 0 aliphatic rings. The lowest BCUT2D eigenvalue weighted by Crippen LogP contribution is -2.39. The first-order chi connectivity index (χ1) is 11.2. The number of halogens is 1. The van der Waals surface area contributed by atoms with Crippen molar-refractivity contribution in [2.45, 2.75) is 26.2 Å². The highest BCUT2D eigenvalue weighted by Crippen LogP contribution is 2.10. The second-order valence-electron chi connectivity index (χ2n) is 5.12. The van der Waals surface area contributed by atoms with Crippen LogP contribution in [0.15, 0.2) is 29.3 Å². The lowest BCUT2D eigenvalue weighted by molar-refractivity contribution is -0.140. The van der Waals surface area contributed by atoms with Crippen molar-refractivity contribution in [1.82, 2.24) is 10.6 Å². The number of aryl methyl sites for hydroxylation is 1. The fraction of sp³-hybridized carbons (Fsp3) is 0.529. The van der Waals surface area contributed by atoms with E-state index >= 15 is 0 Å². The highest BCUT2D eigenvalue weighted by molar-refractivity contribution is 14.0. The summed E-state index contributed by atoms with van der Waals surface area (Å²) in [5.41, 5.74) is 1.22. The Morgan fingerprint density at radius 1 is 1.12 bits per heavy atom. The van der Waals surface area contributed by atoms with Gasteiger partial charge in [0.2, 0.25) is 0 Å². The first kappa shape index (κ1) is 22.5. The number of nitrogens with zero attached hydrogens (tertiary/aromatic N) is 1. The number of carbonyl (C=O) groups excluding carboxylic acids is 1. The normalized spacial score (nSPS) is 10.5. The molecule has 1 rings (SSSR count). The Balaban J connectivity index is 0.00000529. The van der Waals surface area contributed by atoms with Crippen LogP contribution in [-0.4, -0.2) is 45.8 Å². The van der Waals surface area contributed by atoms with E-state index in [9.17, 15) is 4.79 Å². The third-order valence-corrected chi connectivity index (χ3v) is 3.24. The van der Waals surface area contributed by atoms with Crippen molar-refractivity contribution in [3.8, 4) is 5.75 Å². The second-order valence-corrected chi connectivity index (χ2v) is 5.12. The van der Waals surface area contributed by atoms with Gasteiger partial charge in [-0.15, -0.1) is 24.0 Å². The van der Waals surface area contributed by atoms with Crippen molar-refractivity contribution in [1.29, 1.82) is 0 Å². The highest BCUT2D eigenvalue weighted by atomic mass is 127. The summed E-state index contributed by atoms with van der Waals surface area (Å²) in [5, 5.41) is 6.38. The van der Waals surface area contributed by atoms with Crippen molar-refractivity contribution in [2.75, 3.05) is 33.9 Å². The second kappa shape index (κ2) is 13.9. The monoisotopic (exact) mass is 449 g/mol. The van der Waals surface area contributed by atoms with Crippen LogP contribution in [0.4, 0.5) is 0 Å². The van der Waals surface area contributed by atoms with Crippen LogP contribution in [0.2, 0.25) is 0 Å². The molecule has 2 N–H and O–H groups in total. The Labute approximate surface area is 161 Å². The molecule has 0 saturated carbocycles. The topological polar surface area (TPSA) is 72.0 Å². The molecule has 0 aromatic heterocycles. The summed E-state index contributed by atoms with van der Waals surface area (Å²) >= 11 is 0. The van der Waals surface area contributed by atoms with Crippen molar-refractivity contribution in [2.24, 2.45) is 4.99 Å². The number of unbranched alkanes of at least 4 members (excludes halogenated alkanes) is 1. The lowest BCUT2D eigenvalue weighted by Gasteiger charge is -2.12. The smallest absolute Gasteiger partial charge is 0.305 e. The summed E-state index contributed by atoms with van der Waals surface area (Å²) in [7, 11) is 3.13. The van der Waals surface area contributed by atoms with E-state index in [1.165, 1.54) is 12.7 Å². The van der Waals surface area contributed by atoms with Gasteiger partial charge in [-0.3, -0.25) is 9.79 Å². The predicted octanol–water partition coefficient (Wildman–Crippen LogP) is 2.50. The standard InChI is InChI=1S/C17H27N3O3.HI/c1-14-7-9-15(10-8-14)23-13-12-20-17(18-2)19-11-5-4-6-16(21)22-3;/h7-10H,4-6,11-13H2,1-3H3,(H2,18,19,20);1H. The fourth-order valence-corrected chi connectivity index (χ4v) is 1.90. The zero-order valence-corrected chi connectivity index (χ0v) is 17.0. The van der Waals surface area contributed by atoms with E-state index < -0.39 is 0 Å². The van der Waals surface area contributed by atoms with E-state index in [0.717, 1.165) is 31.1 Å². The van der Waals surface area contributed by atoms with Crippen molar-refractivity contribution in [3.05, 3.63) is 29.8 Å². The fourth-order valence-electron chi connectivity index (χ4n) is 1.90. The average Bonchev–Trinajstić information content (AvgIpc) is 2.57. The Hall–Kier alpha value is -1.51. The largest absolute Gasteiger partial charge is 0.492 e. The number of carbonyl (C=O) groups is 1. The van der Waals surface area contributed by atoms with Crippen LogP contribution in [0.3, 0.4) is 0 Å². The molecule has 1 aromatic rings. The van der Waals surface area contributed by atoms with Gasteiger partial charge in [0.05, 0.1) is 13.7 Å². The number of ether oxygens (including phenoxy) is 2. The third kappa shape index (κ3) is 10.3. The van der Waals surface area contributed by atoms with Gasteiger partial charge in [0.15, 0.2) is 5.96 Å². The van der Waals surface area contributed by atoms with Gasteiger partial charge in [0.25, 0.3) is 0 Å². The van der Waals surface area contributed by atoms with Crippen LogP contribution >= 0.6 is 24.0 Å². The van der Waals surface area contributed by atoms with Gasteiger partial charge in [-0.2, -0.15) is 0 Å². The van der Waals surface area contributed by atoms with Gasteiger partial charge >= 0.3 is 5.97 Å². The first-order valence-corrected chi connectivity index (χ1v) is 7.86. The number of rotatable bonds is 9. The maximum atomic E-state index is 11.0. The minimum absolute atomic E-state index is 0. The van der Waals surface area contributed by atoms with Crippen molar-refractivity contribution >= 4 is 35.9 Å².